The standard InChI is InChI=1S/C15H20ClFO/c1-3-6-15(2,10-16)9-13-8-11-7-12(17)4-5-14(11)18-13/h4-5,7,13H,3,6,8-10H2,1-2H3. The summed E-state index contributed by atoms with van der Waals surface area (Å²) in [6.45, 7) is 4.38. The molecule has 1 aliphatic heterocycles. The zero-order chi connectivity index (χ0) is 13.2. The van der Waals surface area contributed by atoms with Crippen LogP contribution >= 0.6 is 11.6 Å². The third kappa shape index (κ3) is 2.97. The van der Waals surface area contributed by atoms with E-state index in [2.05, 4.69) is 13.8 Å². The molecule has 100 valence electrons. The lowest BCUT2D eigenvalue weighted by Gasteiger charge is -2.29. The Bertz CT molecular complexity index is 421. The summed E-state index contributed by atoms with van der Waals surface area (Å²) in [7, 11) is 0. The van der Waals surface area contributed by atoms with Crippen molar-refractivity contribution >= 4 is 11.6 Å². The second-order valence-electron chi connectivity index (χ2n) is 5.59. The van der Waals surface area contributed by atoms with Gasteiger partial charge in [-0.15, -0.1) is 11.6 Å². The highest BCUT2D eigenvalue weighted by Crippen LogP contribution is 2.37. The summed E-state index contributed by atoms with van der Waals surface area (Å²) in [6, 6.07) is 4.75. The summed E-state index contributed by atoms with van der Waals surface area (Å²) in [5.74, 6) is 1.28. The van der Waals surface area contributed by atoms with Gasteiger partial charge >= 0.3 is 0 Å². The second-order valence-corrected chi connectivity index (χ2v) is 5.86. The van der Waals surface area contributed by atoms with Gasteiger partial charge in [-0.05, 0) is 36.5 Å². The van der Waals surface area contributed by atoms with Gasteiger partial charge in [-0.2, -0.15) is 0 Å². The third-order valence-corrected chi connectivity index (χ3v) is 4.31. The van der Waals surface area contributed by atoms with E-state index >= 15 is 0 Å². The van der Waals surface area contributed by atoms with E-state index in [4.69, 9.17) is 16.3 Å². The number of halogens is 2. The van der Waals surface area contributed by atoms with Crippen LogP contribution in [-0.4, -0.2) is 12.0 Å². The van der Waals surface area contributed by atoms with Gasteiger partial charge in [-0.1, -0.05) is 20.3 Å². The molecule has 2 rings (SSSR count). The van der Waals surface area contributed by atoms with E-state index in [1.807, 2.05) is 0 Å². The van der Waals surface area contributed by atoms with E-state index in [1.54, 1.807) is 12.1 Å². The number of alkyl halides is 1. The zero-order valence-electron chi connectivity index (χ0n) is 11.0. The van der Waals surface area contributed by atoms with Crippen LogP contribution in [0.5, 0.6) is 5.75 Å². The molecule has 2 unspecified atom stereocenters. The number of benzene rings is 1. The highest BCUT2D eigenvalue weighted by atomic mass is 35.5. The number of fused-ring (bicyclic) bond motifs is 1. The molecule has 0 aliphatic carbocycles. The number of hydrogen-bond donors (Lipinski definition) is 0. The van der Waals surface area contributed by atoms with Crippen molar-refractivity contribution in [3.05, 3.63) is 29.6 Å². The van der Waals surface area contributed by atoms with Gasteiger partial charge in [0.05, 0.1) is 0 Å². The van der Waals surface area contributed by atoms with Crippen molar-refractivity contribution in [3.8, 4) is 5.75 Å². The van der Waals surface area contributed by atoms with Crippen molar-refractivity contribution in [3.63, 3.8) is 0 Å². The van der Waals surface area contributed by atoms with Gasteiger partial charge in [-0.25, -0.2) is 4.39 Å². The van der Waals surface area contributed by atoms with Crippen molar-refractivity contribution in [2.45, 2.75) is 45.6 Å². The lowest BCUT2D eigenvalue weighted by Crippen LogP contribution is -2.27. The number of ether oxygens (including phenoxy) is 1. The molecule has 1 aromatic rings. The largest absolute Gasteiger partial charge is 0.490 e. The van der Waals surface area contributed by atoms with E-state index in [0.29, 0.717) is 5.88 Å². The molecule has 1 aromatic carbocycles. The van der Waals surface area contributed by atoms with Crippen LogP contribution in [0.1, 0.15) is 38.7 Å². The first kappa shape index (κ1) is 13.7. The molecule has 1 heterocycles. The third-order valence-electron chi connectivity index (χ3n) is 3.66. The Labute approximate surface area is 113 Å². The molecule has 0 aromatic heterocycles. The molecule has 0 radical (unpaired) electrons. The maximum Gasteiger partial charge on any atom is 0.123 e. The van der Waals surface area contributed by atoms with Gasteiger partial charge in [0.2, 0.25) is 0 Å². The van der Waals surface area contributed by atoms with Gasteiger partial charge in [-0.3, -0.25) is 0 Å². The van der Waals surface area contributed by atoms with Crippen LogP contribution in [0.25, 0.3) is 0 Å². The van der Waals surface area contributed by atoms with E-state index < -0.39 is 0 Å². The van der Waals surface area contributed by atoms with Crippen LogP contribution in [0, 0.1) is 11.2 Å². The minimum atomic E-state index is -0.188. The summed E-state index contributed by atoms with van der Waals surface area (Å²) in [5.41, 5.74) is 1.09. The van der Waals surface area contributed by atoms with Gasteiger partial charge in [0.1, 0.15) is 17.7 Å². The molecule has 1 aliphatic rings. The Morgan fingerprint density at radius 3 is 2.94 bits per heavy atom. The Morgan fingerprint density at radius 2 is 2.28 bits per heavy atom. The summed E-state index contributed by atoms with van der Waals surface area (Å²) < 4.78 is 19.0. The molecule has 0 bridgehead atoms. The predicted octanol–water partition coefficient (Wildman–Crippen LogP) is 4.56. The number of hydrogen-bond acceptors (Lipinski definition) is 1. The Morgan fingerprint density at radius 1 is 1.50 bits per heavy atom. The molecule has 0 spiro atoms. The van der Waals surface area contributed by atoms with Crippen LogP contribution < -0.4 is 4.74 Å². The highest BCUT2D eigenvalue weighted by molar-refractivity contribution is 6.18. The monoisotopic (exact) mass is 270 g/mol. The van der Waals surface area contributed by atoms with Gasteiger partial charge in [0.25, 0.3) is 0 Å². The quantitative estimate of drug-likeness (QED) is 0.713. The van der Waals surface area contributed by atoms with Crippen molar-refractivity contribution in [1.29, 1.82) is 0 Å². The van der Waals surface area contributed by atoms with Crippen LogP contribution in [0.15, 0.2) is 18.2 Å². The average molecular weight is 271 g/mol. The Kier molecular flexibility index (Phi) is 4.16. The van der Waals surface area contributed by atoms with Crippen LogP contribution in [0.2, 0.25) is 0 Å². The average Bonchev–Trinajstić information content (AvgIpc) is 2.70. The SMILES string of the molecule is CCCC(C)(CCl)CC1Cc2cc(F)ccc2O1. The van der Waals surface area contributed by atoms with E-state index in [0.717, 1.165) is 37.0 Å². The fourth-order valence-corrected chi connectivity index (χ4v) is 3.02. The molecule has 1 nitrogen and oxygen atoms in total. The minimum Gasteiger partial charge on any atom is -0.490 e. The van der Waals surface area contributed by atoms with E-state index in [1.165, 1.54) is 6.07 Å². The second kappa shape index (κ2) is 5.48. The molecule has 2 atom stereocenters. The Hall–Kier alpha value is -0.760. The fourth-order valence-electron chi connectivity index (χ4n) is 2.78. The molecule has 3 heteroatoms. The van der Waals surface area contributed by atoms with E-state index in [-0.39, 0.29) is 17.3 Å². The molecule has 0 amide bonds. The lowest BCUT2D eigenvalue weighted by atomic mass is 9.81. The molecule has 0 N–H and O–H groups in total. The maximum atomic E-state index is 13.1. The first-order chi connectivity index (χ1) is 8.56. The molecule has 18 heavy (non-hydrogen) atoms. The first-order valence-electron chi connectivity index (χ1n) is 6.57. The number of rotatable bonds is 5. The normalized spacial score (nSPS) is 21.2. The molecular weight excluding hydrogens is 251 g/mol. The van der Waals surface area contributed by atoms with Crippen molar-refractivity contribution in [2.24, 2.45) is 5.41 Å². The zero-order valence-corrected chi connectivity index (χ0v) is 11.8. The topological polar surface area (TPSA) is 9.23 Å². The summed E-state index contributed by atoms with van der Waals surface area (Å²) >= 11 is 6.09. The van der Waals surface area contributed by atoms with Crippen molar-refractivity contribution in [1.82, 2.24) is 0 Å². The predicted molar refractivity (Wildman–Crippen MR) is 72.9 cm³/mol. The fraction of sp³-hybridized carbons (Fsp3) is 0.600. The minimum absolute atomic E-state index is 0.113. The summed E-state index contributed by atoms with van der Waals surface area (Å²) in [5, 5.41) is 0. The molecular formula is C15H20ClFO. The van der Waals surface area contributed by atoms with Gasteiger partial charge in [0.15, 0.2) is 0 Å². The molecule has 0 fully saturated rings. The maximum absolute atomic E-state index is 13.1. The first-order valence-corrected chi connectivity index (χ1v) is 7.11. The Balaban J connectivity index is 2.02. The highest BCUT2D eigenvalue weighted by Gasteiger charge is 2.31. The van der Waals surface area contributed by atoms with Gasteiger partial charge < -0.3 is 4.74 Å². The van der Waals surface area contributed by atoms with Crippen LogP contribution in [-0.2, 0) is 6.42 Å². The summed E-state index contributed by atoms with van der Waals surface area (Å²) in [4.78, 5) is 0. The molecule has 0 saturated carbocycles. The van der Waals surface area contributed by atoms with Crippen LogP contribution in [0.4, 0.5) is 4.39 Å². The summed E-state index contributed by atoms with van der Waals surface area (Å²) in [6.07, 6.45) is 4.08. The van der Waals surface area contributed by atoms with Crippen molar-refractivity contribution < 1.29 is 9.13 Å². The van der Waals surface area contributed by atoms with Gasteiger partial charge in [0, 0.05) is 17.9 Å². The smallest absolute Gasteiger partial charge is 0.123 e. The van der Waals surface area contributed by atoms with E-state index in [9.17, 15) is 4.39 Å². The van der Waals surface area contributed by atoms with Crippen molar-refractivity contribution in [2.75, 3.05) is 5.88 Å². The lowest BCUT2D eigenvalue weighted by molar-refractivity contribution is 0.151. The van der Waals surface area contributed by atoms with Crippen LogP contribution in [0.3, 0.4) is 0 Å². The molecule has 0 saturated heterocycles.